The Balaban J connectivity index is 2.75. The first-order chi connectivity index (χ1) is 10.1. The van der Waals surface area contributed by atoms with Gasteiger partial charge in [0.1, 0.15) is 5.82 Å². The monoisotopic (exact) mass is 296 g/mol. The molecule has 0 radical (unpaired) electrons. The summed E-state index contributed by atoms with van der Waals surface area (Å²) in [6.07, 6.45) is 1.08. The van der Waals surface area contributed by atoms with Gasteiger partial charge < -0.3 is 15.0 Å². The quantitative estimate of drug-likeness (QED) is 0.666. The summed E-state index contributed by atoms with van der Waals surface area (Å²) in [5.41, 5.74) is 1.65. The number of likely N-dealkylation sites (N-methyl/N-ethyl adjacent to an activating group) is 1. The summed E-state index contributed by atoms with van der Waals surface area (Å²) in [4.78, 5) is 2.01. The lowest BCUT2D eigenvalue weighted by atomic mass is 10.1. The van der Waals surface area contributed by atoms with Crippen LogP contribution in [-0.2, 0) is 4.74 Å². The van der Waals surface area contributed by atoms with E-state index in [4.69, 9.17) is 4.74 Å². The van der Waals surface area contributed by atoms with E-state index in [1.165, 1.54) is 0 Å². The Kier molecular flexibility index (Phi) is 8.31. The number of halogens is 1. The molecule has 120 valence electrons. The molecule has 0 heterocycles. The molecule has 4 heteroatoms. The third-order valence-electron chi connectivity index (χ3n) is 3.60. The van der Waals surface area contributed by atoms with Gasteiger partial charge in [-0.05, 0) is 51.4 Å². The van der Waals surface area contributed by atoms with Gasteiger partial charge in [0.05, 0.1) is 12.3 Å². The van der Waals surface area contributed by atoms with Gasteiger partial charge in [0.25, 0.3) is 0 Å². The van der Waals surface area contributed by atoms with Crippen LogP contribution in [0.25, 0.3) is 0 Å². The minimum Gasteiger partial charge on any atom is -0.380 e. The van der Waals surface area contributed by atoms with E-state index in [0.717, 1.165) is 25.1 Å². The van der Waals surface area contributed by atoms with Gasteiger partial charge in [-0.3, -0.25) is 0 Å². The van der Waals surface area contributed by atoms with Crippen molar-refractivity contribution in [2.24, 2.45) is 0 Å². The first kappa shape index (κ1) is 17.9. The maximum Gasteiger partial charge on any atom is 0.146 e. The minimum atomic E-state index is -0.156. The van der Waals surface area contributed by atoms with Crippen LogP contribution in [0.4, 0.5) is 10.1 Å². The Morgan fingerprint density at radius 1 is 1.29 bits per heavy atom. The highest BCUT2D eigenvalue weighted by molar-refractivity contribution is 5.49. The number of hydrogen-bond donors (Lipinski definition) is 1. The van der Waals surface area contributed by atoms with E-state index in [2.05, 4.69) is 19.2 Å². The zero-order valence-corrected chi connectivity index (χ0v) is 13.8. The molecule has 0 spiro atoms. The zero-order chi connectivity index (χ0) is 15.7. The molecule has 1 aromatic carbocycles. The maximum absolute atomic E-state index is 14.4. The SMILES string of the molecule is CCCNC(C)c1ccc(N(CC)CCOCC)c(F)c1. The van der Waals surface area contributed by atoms with Crippen LogP contribution in [0.1, 0.15) is 45.7 Å². The maximum atomic E-state index is 14.4. The first-order valence-electron chi connectivity index (χ1n) is 7.99. The van der Waals surface area contributed by atoms with E-state index in [-0.39, 0.29) is 11.9 Å². The molecular weight excluding hydrogens is 267 g/mol. The molecule has 0 bridgehead atoms. The van der Waals surface area contributed by atoms with Crippen molar-refractivity contribution in [3.8, 4) is 0 Å². The van der Waals surface area contributed by atoms with Crippen molar-refractivity contribution in [3.63, 3.8) is 0 Å². The fraction of sp³-hybridized carbons (Fsp3) is 0.647. The largest absolute Gasteiger partial charge is 0.380 e. The molecule has 0 saturated heterocycles. The molecule has 0 saturated carbocycles. The highest BCUT2D eigenvalue weighted by Gasteiger charge is 2.13. The van der Waals surface area contributed by atoms with Gasteiger partial charge in [-0.25, -0.2) is 4.39 Å². The number of nitrogens with one attached hydrogen (secondary N) is 1. The molecule has 0 aliphatic rings. The second-order valence-electron chi connectivity index (χ2n) is 5.16. The van der Waals surface area contributed by atoms with Crippen LogP contribution in [0.3, 0.4) is 0 Å². The molecule has 1 N–H and O–H groups in total. The normalized spacial score (nSPS) is 12.4. The van der Waals surface area contributed by atoms with Crippen molar-refractivity contribution >= 4 is 5.69 Å². The van der Waals surface area contributed by atoms with Crippen molar-refractivity contribution in [1.82, 2.24) is 5.32 Å². The number of nitrogens with zero attached hydrogens (tertiary/aromatic N) is 1. The molecule has 0 aliphatic carbocycles. The molecular formula is C17H29FN2O. The van der Waals surface area contributed by atoms with E-state index in [1.54, 1.807) is 6.07 Å². The number of rotatable bonds is 10. The fourth-order valence-electron chi connectivity index (χ4n) is 2.30. The highest BCUT2D eigenvalue weighted by atomic mass is 19.1. The van der Waals surface area contributed by atoms with Gasteiger partial charge in [-0.2, -0.15) is 0 Å². The average Bonchev–Trinajstić information content (AvgIpc) is 2.49. The lowest BCUT2D eigenvalue weighted by Gasteiger charge is -2.24. The van der Waals surface area contributed by atoms with Gasteiger partial charge in [0.2, 0.25) is 0 Å². The van der Waals surface area contributed by atoms with Crippen LogP contribution >= 0.6 is 0 Å². The Hall–Kier alpha value is -1.13. The van der Waals surface area contributed by atoms with Crippen molar-refractivity contribution in [2.45, 2.75) is 40.2 Å². The Labute approximate surface area is 128 Å². The van der Waals surface area contributed by atoms with Gasteiger partial charge in [0, 0.05) is 25.7 Å². The lowest BCUT2D eigenvalue weighted by Crippen LogP contribution is -2.28. The summed E-state index contributed by atoms with van der Waals surface area (Å²) in [6.45, 7) is 11.9. The molecule has 1 aromatic rings. The second-order valence-corrected chi connectivity index (χ2v) is 5.16. The Morgan fingerprint density at radius 2 is 2.05 bits per heavy atom. The standard InChI is InChI=1S/C17H29FN2O/c1-5-10-19-14(4)15-8-9-17(16(18)13-15)20(6-2)11-12-21-7-3/h8-9,13-14,19H,5-7,10-12H2,1-4H3. The molecule has 1 atom stereocenters. The van der Waals surface area contributed by atoms with Gasteiger partial charge in [-0.15, -0.1) is 0 Å². The number of anilines is 1. The summed E-state index contributed by atoms with van der Waals surface area (Å²) in [5, 5.41) is 3.38. The van der Waals surface area contributed by atoms with Gasteiger partial charge in [-0.1, -0.05) is 13.0 Å². The van der Waals surface area contributed by atoms with Crippen LogP contribution < -0.4 is 10.2 Å². The van der Waals surface area contributed by atoms with E-state index in [9.17, 15) is 4.39 Å². The van der Waals surface area contributed by atoms with Crippen LogP contribution in [0.15, 0.2) is 18.2 Å². The molecule has 21 heavy (non-hydrogen) atoms. The molecule has 1 rings (SSSR count). The molecule has 0 fully saturated rings. The van der Waals surface area contributed by atoms with E-state index < -0.39 is 0 Å². The van der Waals surface area contributed by atoms with Gasteiger partial charge in [0.15, 0.2) is 0 Å². The number of ether oxygens (including phenoxy) is 1. The Morgan fingerprint density at radius 3 is 2.62 bits per heavy atom. The van der Waals surface area contributed by atoms with Crippen molar-refractivity contribution in [1.29, 1.82) is 0 Å². The average molecular weight is 296 g/mol. The minimum absolute atomic E-state index is 0.156. The smallest absolute Gasteiger partial charge is 0.146 e. The van der Waals surface area contributed by atoms with Crippen LogP contribution in [0.5, 0.6) is 0 Å². The molecule has 0 aliphatic heterocycles. The topological polar surface area (TPSA) is 24.5 Å². The summed E-state index contributed by atoms with van der Waals surface area (Å²) < 4.78 is 19.7. The number of benzene rings is 1. The van der Waals surface area contributed by atoms with Crippen molar-refractivity contribution < 1.29 is 9.13 Å². The molecule has 3 nitrogen and oxygen atoms in total. The summed E-state index contributed by atoms with van der Waals surface area (Å²) >= 11 is 0. The molecule has 0 aromatic heterocycles. The summed E-state index contributed by atoms with van der Waals surface area (Å²) in [5.74, 6) is -0.156. The second kappa shape index (κ2) is 9.74. The molecule has 0 amide bonds. The Bertz CT molecular complexity index is 412. The third-order valence-corrected chi connectivity index (χ3v) is 3.60. The zero-order valence-electron chi connectivity index (χ0n) is 13.8. The summed E-state index contributed by atoms with van der Waals surface area (Å²) in [7, 11) is 0. The van der Waals surface area contributed by atoms with E-state index in [0.29, 0.717) is 25.4 Å². The predicted molar refractivity (Wildman–Crippen MR) is 87.5 cm³/mol. The van der Waals surface area contributed by atoms with E-state index in [1.807, 2.05) is 30.9 Å². The number of hydrogen-bond acceptors (Lipinski definition) is 3. The van der Waals surface area contributed by atoms with Crippen molar-refractivity contribution in [3.05, 3.63) is 29.6 Å². The van der Waals surface area contributed by atoms with Crippen LogP contribution in [0.2, 0.25) is 0 Å². The van der Waals surface area contributed by atoms with Crippen LogP contribution in [0, 0.1) is 5.82 Å². The lowest BCUT2D eigenvalue weighted by molar-refractivity contribution is 0.154. The summed E-state index contributed by atoms with van der Waals surface area (Å²) in [6, 6.07) is 5.71. The van der Waals surface area contributed by atoms with Crippen molar-refractivity contribution in [2.75, 3.05) is 37.7 Å². The van der Waals surface area contributed by atoms with Gasteiger partial charge >= 0.3 is 0 Å². The fourth-order valence-corrected chi connectivity index (χ4v) is 2.30. The van der Waals surface area contributed by atoms with E-state index >= 15 is 0 Å². The highest BCUT2D eigenvalue weighted by Crippen LogP contribution is 2.23. The predicted octanol–water partition coefficient (Wildman–Crippen LogP) is 3.75. The van der Waals surface area contributed by atoms with Crippen LogP contribution in [-0.4, -0.2) is 32.8 Å². The molecule has 1 unspecified atom stereocenters. The third kappa shape index (κ3) is 5.64. The first-order valence-corrected chi connectivity index (χ1v) is 7.99.